The second kappa shape index (κ2) is 7.74. The zero-order chi connectivity index (χ0) is 19.8. The van der Waals surface area contributed by atoms with Crippen LogP contribution in [0.15, 0.2) is 48.7 Å². The molecular formula is C25H27FN2O. The van der Waals surface area contributed by atoms with E-state index in [1.807, 2.05) is 18.2 Å². The van der Waals surface area contributed by atoms with Gasteiger partial charge in [-0.25, -0.2) is 4.39 Å². The quantitative estimate of drug-likeness (QED) is 0.793. The monoisotopic (exact) mass is 390 g/mol. The first-order chi connectivity index (χ1) is 14.2. The summed E-state index contributed by atoms with van der Waals surface area (Å²) < 4.78 is 13.5. The fraction of sp³-hybridized carbons (Fsp3) is 0.440. The summed E-state index contributed by atoms with van der Waals surface area (Å²) in [7, 11) is 0. The van der Waals surface area contributed by atoms with Gasteiger partial charge in [-0.2, -0.15) is 0 Å². The Balaban J connectivity index is 1.38. The molecule has 2 aliphatic carbocycles. The van der Waals surface area contributed by atoms with Crippen LogP contribution in [0.3, 0.4) is 0 Å². The summed E-state index contributed by atoms with van der Waals surface area (Å²) in [6, 6.07) is 10.5. The highest BCUT2D eigenvalue weighted by atomic mass is 19.1. The van der Waals surface area contributed by atoms with Crippen LogP contribution in [-0.2, 0) is 4.79 Å². The van der Waals surface area contributed by atoms with E-state index in [4.69, 9.17) is 0 Å². The Morgan fingerprint density at radius 2 is 1.97 bits per heavy atom. The van der Waals surface area contributed by atoms with Crippen molar-refractivity contribution in [2.24, 2.45) is 29.6 Å². The van der Waals surface area contributed by atoms with Crippen LogP contribution in [0.1, 0.15) is 37.8 Å². The summed E-state index contributed by atoms with van der Waals surface area (Å²) in [6.07, 6.45) is 12.5. The number of nitrogens with zero attached hydrogens (tertiary/aromatic N) is 1. The molecule has 3 aliphatic rings. The van der Waals surface area contributed by atoms with Gasteiger partial charge in [0.2, 0.25) is 5.91 Å². The first-order valence-electron chi connectivity index (χ1n) is 10.9. The minimum absolute atomic E-state index is 0.122. The minimum Gasteiger partial charge on any atom is -0.356 e. The molecule has 150 valence electrons. The smallest absolute Gasteiger partial charge is 0.224 e. The average molecular weight is 391 g/mol. The Morgan fingerprint density at radius 1 is 1.07 bits per heavy atom. The van der Waals surface area contributed by atoms with Gasteiger partial charge in [0.25, 0.3) is 0 Å². The van der Waals surface area contributed by atoms with E-state index in [0.29, 0.717) is 17.8 Å². The summed E-state index contributed by atoms with van der Waals surface area (Å²) in [5.41, 5.74) is 2.62. The van der Waals surface area contributed by atoms with Crippen molar-refractivity contribution in [2.75, 3.05) is 6.54 Å². The summed E-state index contributed by atoms with van der Waals surface area (Å²) in [4.78, 5) is 17.1. The van der Waals surface area contributed by atoms with Crippen molar-refractivity contribution in [1.29, 1.82) is 0 Å². The molecule has 0 bridgehead atoms. The molecule has 0 radical (unpaired) electrons. The fourth-order valence-corrected chi connectivity index (χ4v) is 5.92. The molecule has 3 nitrogen and oxygen atoms in total. The Hall–Kier alpha value is -2.49. The van der Waals surface area contributed by atoms with Gasteiger partial charge in [-0.15, -0.1) is 0 Å². The number of aromatic nitrogens is 1. The zero-order valence-corrected chi connectivity index (χ0v) is 16.6. The molecule has 3 unspecified atom stereocenters. The predicted molar refractivity (Wildman–Crippen MR) is 112 cm³/mol. The van der Waals surface area contributed by atoms with Gasteiger partial charge in [0.1, 0.15) is 5.82 Å². The molecular weight excluding hydrogens is 363 g/mol. The molecule has 1 saturated heterocycles. The van der Waals surface area contributed by atoms with Crippen molar-refractivity contribution in [2.45, 2.75) is 32.1 Å². The molecule has 5 rings (SSSR count). The zero-order valence-electron chi connectivity index (χ0n) is 16.6. The van der Waals surface area contributed by atoms with Gasteiger partial charge in [0, 0.05) is 24.2 Å². The molecule has 5 atom stereocenters. The van der Waals surface area contributed by atoms with E-state index in [-0.39, 0.29) is 17.6 Å². The number of allylic oxidation sites excluding steroid dienone is 1. The Labute approximate surface area is 171 Å². The Bertz CT molecular complexity index is 923. The van der Waals surface area contributed by atoms with Crippen LogP contribution < -0.4 is 5.32 Å². The molecule has 29 heavy (non-hydrogen) atoms. The van der Waals surface area contributed by atoms with Gasteiger partial charge < -0.3 is 5.32 Å². The number of pyridine rings is 1. The molecule has 1 N–H and O–H groups in total. The highest BCUT2D eigenvalue weighted by Gasteiger charge is 2.49. The van der Waals surface area contributed by atoms with Gasteiger partial charge in [-0.3, -0.25) is 9.78 Å². The standard InChI is InChI=1S/C25H27FN2O/c26-20-6-3-5-16(13-20)18-8-9-21(27-14-18)10-11-23-22-7-2-1-4-17(22)12-19-15-28-25(29)24(19)23/h3,5-6,8-11,13-14,17,19,22-24H,1-2,4,7,12,15H2,(H,28,29)/b11-10+/t17?,19-,22?,23?,24+/m1/s1. The number of rotatable bonds is 3. The van der Waals surface area contributed by atoms with Crippen molar-refractivity contribution in [1.82, 2.24) is 10.3 Å². The molecule has 1 amide bonds. The third-order valence-electron chi connectivity index (χ3n) is 7.27. The molecule has 0 spiro atoms. The van der Waals surface area contributed by atoms with E-state index >= 15 is 0 Å². The number of benzene rings is 1. The van der Waals surface area contributed by atoms with Crippen LogP contribution in [0.4, 0.5) is 4.39 Å². The van der Waals surface area contributed by atoms with Gasteiger partial charge in [0.05, 0.1) is 5.69 Å². The second-order valence-corrected chi connectivity index (χ2v) is 8.89. The van der Waals surface area contributed by atoms with Crippen LogP contribution in [0.2, 0.25) is 0 Å². The van der Waals surface area contributed by atoms with Gasteiger partial charge >= 0.3 is 0 Å². The van der Waals surface area contributed by atoms with Gasteiger partial charge in [-0.1, -0.05) is 43.5 Å². The van der Waals surface area contributed by atoms with Crippen molar-refractivity contribution in [3.05, 3.63) is 60.2 Å². The lowest BCUT2D eigenvalue weighted by molar-refractivity contribution is -0.126. The molecule has 2 aromatic rings. The number of fused-ring (bicyclic) bond motifs is 2. The van der Waals surface area contributed by atoms with Crippen LogP contribution in [0.25, 0.3) is 17.2 Å². The summed E-state index contributed by atoms with van der Waals surface area (Å²) in [5, 5.41) is 3.11. The maximum atomic E-state index is 13.5. The van der Waals surface area contributed by atoms with E-state index in [1.54, 1.807) is 12.3 Å². The maximum Gasteiger partial charge on any atom is 0.224 e. The Kier molecular flexibility index (Phi) is 4.94. The van der Waals surface area contributed by atoms with E-state index < -0.39 is 0 Å². The van der Waals surface area contributed by atoms with Gasteiger partial charge in [-0.05, 0) is 66.4 Å². The normalized spacial score (nSPS) is 31.3. The first-order valence-corrected chi connectivity index (χ1v) is 10.9. The predicted octanol–water partition coefficient (Wildman–Crippen LogP) is 5.09. The number of hydrogen-bond donors (Lipinski definition) is 1. The number of carbonyl (C=O) groups is 1. The lowest BCUT2D eigenvalue weighted by Crippen LogP contribution is -2.41. The highest BCUT2D eigenvalue weighted by Crippen LogP contribution is 2.50. The molecule has 3 fully saturated rings. The number of hydrogen-bond acceptors (Lipinski definition) is 2. The maximum absolute atomic E-state index is 13.5. The molecule has 1 aromatic heterocycles. The van der Waals surface area contributed by atoms with Crippen molar-refractivity contribution in [3.8, 4) is 11.1 Å². The van der Waals surface area contributed by atoms with Crippen LogP contribution in [-0.4, -0.2) is 17.4 Å². The fourth-order valence-electron chi connectivity index (χ4n) is 5.92. The lowest BCUT2D eigenvalue weighted by Gasteiger charge is -2.45. The second-order valence-electron chi connectivity index (χ2n) is 8.89. The van der Waals surface area contributed by atoms with E-state index in [9.17, 15) is 9.18 Å². The number of halogens is 1. The van der Waals surface area contributed by atoms with Crippen molar-refractivity contribution < 1.29 is 9.18 Å². The third-order valence-corrected chi connectivity index (χ3v) is 7.27. The summed E-state index contributed by atoms with van der Waals surface area (Å²) in [6.45, 7) is 0.845. The lowest BCUT2D eigenvalue weighted by atomic mass is 9.58. The number of nitrogens with one attached hydrogen (secondary N) is 1. The van der Waals surface area contributed by atoms with E-state index in [1.165, 1.54) is 44.2 Å². The summed E-state index contributed by atoms with van der Waals surface area (Å²) in [5.74, 6) is 2.30. The van der Waals surface area contributed by atoms with Crippen LogP contribution in [0, 0.1) is 35.4 Å². The summed E-state index contributed by atoms with van der Waals surface area (Å²) >= 11 is 0. The van der Waals surface area contributed by atoms with E-state index in [2.05, 4.69) is 22.5 Å². The van der Waals surface area contributed by atoms with Crippen molar-refractivity contribution in [3.63, 3.8) is 0 Å². The van der Waals surface area contributed by atoms with Crippen LogP contribution in [0.5, 0.6) is 0 Å². The number of carbonyl (C=O) groups excluding carboxylic acids is 1. The average Bonchev–Trinajstić information content (AvgIpc) is 3.12. The Morgan fingerprint density at radius 3 is 2.79 bits per heavy atom. The molecule has 2 heterocycles. The highest BCUT2D eigenvalue weighted by molar-refractivity contribution is 5.82. The van der Waals surface area contributed by atoms with Crippen LogP contribution >= 0.6 is 0 Å². The number of amides is 1. The SMILES string of the molecule is O=C1NC[C@H]2CC3CCCCC3C(/C=C/c3ccc(-c4cccc(F)c4)cn3)[C@@H]12. The molecule has 4 heteroatoms. The van der Waals surface area contributed by atoms with E-state index in [0.717, 1.165) is 29.3 Å². The first kappa shape index (κ1) is 18.5. The minimum atomic E-state index is -0.241. The topological polar surface area (TPSA) is 42.0 Å². The largest absolute Gasteiger partial charge is 0.356 e. The molecule has 1 aromatic carbocycles. The molecule has 1 aliphatic heterocycles. The molecule has 2 saturated carbocycles. The van der Waals surface area contributed by atoms with Crippen molar-refractivity contribution >= 4 is 12.0 Å². The third kappa shape index (κ3) is 3.61. The van der Waals surface area contributed by atoms with Gasteiger partial charge in [0.15, 0.2) is 0 Å².